The van der Waals surface area contributed by atoms with Crippen LogP contribution in [0.25, 0.3) is 0 Å². The first-order valence-electron chi connectivity index (χ1n) is 11.3. The van der Waals surface area contributed by atoms with Gasteiger partial charge in [-0.05, 0) is 63.3 Å². The van der Waals surface area contributed by atoms with E-state index in [-0.39, 0.29) is 18.9 Å². The Morgan fingerprint density at radius 3 is 2.53 bits per heavy atom. The summed E-state index contributed by atoms with van der Waals surface area (Å²) in [6.07, 6.45) is -0.441. The Kier molecular flexibility index (Phi) is 6.65. The van der Waals surface area contributed by atoms with Crippen LogP contribution in [0, 0.1) is 11.7 Å². The number of hydrogen-bond acceptors (Lipinski definition) is 5. The van der Waals surface area contributed by atoms with Crippen LogP contribution in [-0.2, 0) is 24.5 Å². The predicted molar refractivity (Wildman–Crippen MR) is 123 cm³/mol. The molecule has 1 aromatic carbocycles. The number of likely N-dealkylation sites (tertiary alicyclic amines) is 1. The Morgan fingerprint density at radius 1 is 1.32 bits per heavy atom. The molecule has 186 valence electrons. The third-order valence-corrected chi connectivity index (χ3v) is 6.28. The lowest BCUT2D eigenvalue weighted by molar-refractivity contribution is -0.142. The number of halogens is 1. The van der Waals surface area contributed by atoms with Crippen LogP contribution in [0.15, 0.2) is 18.2 Å². The zero-order valence-corrected chi connectivity index (χ0v) is 20.5. The van der Waals surface area contributed by atoms with Gasteiger partial charge in [0.1, 0.15) is 23.5 Å². The minimum atomic E-state index is -1.31. The second-order valence-electron chi connectivity index (χ2n) is 10.6. The number of benzene rings is 1. The van der Waals surface area contributed by atoms with E-state index in [9.17, 15) is 23.6 Å². The molecule has 3 N–H and O–H groups in total. The molecule has 0 aliphatic carbocycles. The molecule has 0 bridgehead atoms. The van der Waals surface area contributed by atoms with Gasteiger partial charge in [-0.15, -0.1) is 0 Å². The van der Waals surface area contributed by atoms with Crippen molar-refractivity contribution in [3.05, 3.63) is 29.6 Å². The molecule has 0 aromatic heterocycles. The maximum absolute atomic E-state index is 14.1. The summed E-state index contributed by atoms with van der Waals surface area (Å²) in [6.45, 7) is 8.83. The number of amides is 4. The highest BCUT2D eigenvalue weighted by molar-refractivity contribution is 6.08. The van der Waals surface area contributed by atoms with Crippen LogP contribution in [0.1, 0.15) is 53.0 Å². The fraction of sp³-hybridized carbons (Fsp3) is 0.583. The molecule has 2 heterocycles. The summed E-state index contributed by atoms with van der Waals surface area (Å²) in [5.41, 5.74) is 4.41. The summed E-state index contributed by atoms with van der Waals surface area (Å²) in [7, 11) is 1.47. The zero-order chi connectivity index (χ0) is 25.6. The Morgan fingerprint density at radius 2 is 1.97 bits per heavy atom. The lowest BCUT2D eigenvalue weighted by Crippen LogP contribution is -2.54. The Balaban J connectivity index is 1.98. The van der Waals surface area contributed by atoms with Gasteiger partial charge in [0.15, 0.2) is 0 Å². The number of fused-ring (bicyclic) bond motifs is 2. The molecule has 2 aliphatic rings. The Bertz CT molecular complexity index is 1020. The van der Waals surface area contributed by atoms with Crippen molar-refractivity contribution in [3.8, 4) is 0 Å². The van der Waals surface area contributed by atoms with Crippen molar-refractivity contribution < 1.29 is 28.3 Å². The van der Waals surface area contributed by atoms with E-state index in [0.717, 1.165) is 0 Å². The van der Waals surface area contributed by atoms with Crippen LogP contribution in [0.3, 0.4) is 0 Å². The van der Waals surface area contributed by atoms with Gasteiger partial charge in [0.2, 0.25) is 17.7 Å². The molecule has 2 aliphatic heterocycles. The number of primary amides is 1. The van der Waals surface area contributed by atoms with E-state index in [2.05, 4.69) is 5.32 Å². The second kappa shape index (κ2) is 8.88. The van der Waals surface area contributed by atoms with Crippen LogP contribution in [0.2, 0.25) is 0 Å². The van der Waals surface area contributed by atoms with Crippen molar-refractivity contribution in [1.82, 2.24) is 9.80 Å². The van der Waals surface area contributed by atoms with Crippen LogP contribution in [-0.4, -0.2) is 64.9 Å². The molecule has 0 radical (unpaired) electrons. The largest absolute Gasteiger partial charge is 0.444 e. The zero-order valence-electron chi connectivity index (χ0n) is 20.5. The minimum absolute atomic E-state index is 0.0343. The van der Waals surface area contributed by atoms with E-state index in [4.69, 9.17) is 10.5 Å². The molecule has 9 nitrogen and oxygen atoms in total. The summed E-state index contributed by atoms with van der Waals surface area (Å²) in [4.78, 5) is 54.5. The van der Waals surface area contributed by atoms with Gasteiger partial charge in [0, 0.05) is 19.3 Å². The molecule has 4 amide bonds. The summed E-state index contributed by atoms with van der Waals surface area (Å²) < 4.78 is 19.5. The molecule has 34 heavy (non-hydrogen) atoms. The number of nitrogens with one attached hydrogen (secondary N) is 1. The maximum atomic E-state index is 14.1. The number of carbonyl (C=O) groups is 4. The highest BCUT2D eigenvalue weighted by Crippen LogP contribution is 2.47. The fourth-order valence-corrected chi connectivity index (χ4v) is 4.66. The molecule has 1 aromatic rings. The minimum Gasteiger partial charge on any atom is -0.444 e. The molecule has 10 heteroatoms. The normalized spacial score (nSPS) is 22.5. The van der Waals surface area contributed by atoms with Crippen LogP contribution in [0.4, 0.5) is 14.9 Å². The van der Waals surface area contributed by atoms with Crippen molar-refractivity contribution >= 4 is 29.5 Å². The molecular weight excluding hydrogens is 443 g/mol. The topological polar surface area (TPSA) is 122 Å². The first-order chi connectivity index (χ1) is 15.7. The van der Waals surface area contributed by atoms with Crippen molar-refractivity contribution in [2.24, 2.45) is 11.7 Å². The van der Waals surface area contributed by atoms with Crippen molar-refractivity contribution in [1.29, 1.82) is 0 Å². The van der Waals surface area contributed by atoms with Gasteiger partial charge in [-0.25, -0.2) is 9.18 Å². The molecule has 3 rings (SSSR count). The van der Waals surface area contributed by atoms with Gasteiger partial charge in [-0.1, -0.05) is 13.8 Å². The number of carbonyl (C=O) groups excluding carboxylic acids is 4. The molecule has 0 unspecified atom stereocenters. The van der Waals surface area contributed by atoms with Gasteiger partial charge in [-0.3, -0.25) is 19.3 Å². The van der Waals surface area contributed by atoms with Gasteiger partial charge in [0.25, 0.3) is 0 Å². The first-order valence-corrected chi connectivity index (χ1v) is 11.3. The predicted octanol–water partition coefficient (Wildman–Crippen LogP) is 2.38. The lowest BCUT2D eigenvalue weighted by Gasteiger charge is -2.34. The monoisotopic (exact) mass is 476 g/mol. The van der Waals surface area contributed by atoms with Gasteiger partial charge in [-0.2, -0.15) is 0 Å². The fourth-order valence-electron chi connectivity index (χ4n) is 4.66. The molecule has 1 spiro atoms. The Hall–Kier alpha value is -3.17. The van der Waals surface area contributed by atoms with Crippen molar-refractivity contribution in [2.45, 2.75) is 70.6 Å². The van der Waals surface area contributed by atoms with E-state index in [1.165, 1.54) is 35.0 Å². The summed E-state index contributed by atoms with van der Waals surface area (Å²) in [5.74, 6) is -2.20. The van der Waals surface area contributed by atoms with E-state index >= 15 is 0 Å². The standard InChI is InChI=1S/C24H33FN4O5/c1-13(2)9-17(28(6)22(33)34-23(3,4)5)20(31)29-12-24(11-18(29)19(26)30)15-10-14(25)7-8-16(15)27-21(24)32/h7-8,10,13,17-18H,9,11-12H2,1-6H3,(H2,26,30)(H,27,32)/t17-,18-,24-/m0/s1. The van der Waals surface area contributed by atoms with Crippen LogP contribution < -0.4 is 11.1 Å². The highest BCUT2D eigenvalue weighted by atomic mass is 19.1. The Labute approximate surface area is 198 Å². The quantitative estimate of drug-likeness (QED) is 0.676. The van der Waals surface area contributed by atoms with Gasteiger partial charge >= 0.3 is 6.09 Å². The number of hydrogen-bond donors (Lipinski definition) is 2. The molecule has 1 saturated heterocycles. The van der Waals surface area contributed by atoms with E-state index < -0.39 is 52.7 Å². The van der Waals surface area contributed by atoms with Crippen molar-refractivity contribution in [3.63, 3.8) is 0 Å². The van der Waals surface area contributed by atoms with Gasteiger partial charge < -0.3 is 20.7 Å². The average molecular weight is 477 g/mol. The molecular formula is C24H33FN4O5. The van der Waals surface area contributed by atoms with E-state index in [1.807, 2.05) is 13.8 Å². The molecule has 0 saturated carbocycles. The summed E-state index contributed by atoms with van der Waals surface area (Å²) in [6, 6.07) is 1.91. The number of anilines is 1. The summed E-state index contributed by atoms with van der Waals surface area (Å²) in [5, 5.41) is 2.72. The number of nitrogens with two attached hydrogens (primary N) is 1. The third-order valence-electron chi connectivity index (χ3n) is 6.28. The number of rotatable bonds is 5. The smallest absolute Gasteiger partial charge is 0.410 e. The molecule has 1 fully saturated rings. The maximum Gasteiger partial charge on any atom is 0.410 e. The van der Waals surface area contributed by atoms with Crippen LogP contribution >= 0.6 is 0 Å². The van der Waals surface area contributed by atoms with E-state index in [0.29, 0.717) is 17.7 Å². The second-order valence-corrected chi connectivity index (χ2v) is 10.6. The number of ether oxygens (including phenoxy) is 1. The number of nitrogens with zero attached hydrogens (tertiary/aromatic N) is 2. The van der Waals surface area contributed by atoms with E-state index in [1.54, 1.807) is 20.8 Å². The lowest BCUT2D eigenvalue weighted by atomic mass is 9.79. The van der Waals surface area contributed by atoms with Crippen molar-refractivity contribution in [2.75, 3.05) is 18.9 Å². The average Bonchev–Trinajstić information content (AvgIpc) is 3.24. The first kappa shape index (κ1) is 25.5. The molecule has 3 atom stereocenters. The highest BCUT2D eigenvalue weighted by Gasteiger charge is 2.58. The summed E-state index contributed by atoms with van der Waals surface area (Å²) >= 11 is 0. The SMILES string of the molecule is CC(C)C[C@@H](C(=O)N1C[C@]2(C[C@H]1C(N)=O)C(=O)Nc1ccc(F)cc12)N(C)C(=O)OC(C)(C)C. The van der Waals surface area contributed by atoms with Crippen LogP contribution in [0.5, 0.6) is 0 Å². The number of likely N-dealkylation sites (N-methyl/N-ethyl adjacent to an activating group) is 1. The third kappa shape index (κ3) is 4.71. The van der Waals surface area contributed by atoms with Gasteiger partial charge in [0.05, 0.1) is 5.41 Å².